The van der Waals surface area contributed by atoms with Gasteiger partial charge in [0.05, 0.1) is 18.2 Å². The number of hydrogen-bond donors (Lipinski definition) is 1. The first kappa shape index (κ1) is 14.7. The van der Waals surface area contributed by atoms with Gasteiger partial charge < -0.3 is 10.5 Å². The first-order valence-corrected chi connectivity index (χ1v) is 6.65. The van der Waals surface area contributed by atoms with Gasteiger partial charge in [-0.25, -0.2) is 0 Å². The lowest BCUT2D eigenvalue weighted by Gasteiger charge is -2.10. The zero-order valence-corrected chi connectivity index (χ0v) is 11.9. The lowest BCUT2D eigenvalue weighted by atomic mass is 10.1. The Bertz CT molecular complexity index is 733. The molecule has 0 aromatic heterocycles. The molecule has 2 aromatic rings. The van der Waals surface area contributed by atoms with E-state index in [-0.39, 0.29) is 0 Å². The van der Waals surface area contributed by atoms with E-state index in [0.29, 0.717) is 18.7 Å². The zero-order valence-electron chi connectivity index (χ0n) is 11.9. The number of ether oxygens (including phenoxy) is 1. The van der Waals surface area contributed by atoms with E-state index in [4.69, 9.17) is 15.7 Å². The van der Waals surface area contributed by atoms with Gasteiger partial charge in [0.15, 0.2) is 0 Å². The molecule has 0 radical (unpaired) electrons. The van der Waals surface area contributed by atoms with Gasteiger partial charge in [-0.05, 0) is 30.7 Å². The second-order valence-electron chi connectivity index (χ2n) is 4.54. The van der Waals surface area contributed by atoms with Crippen molar-refractivity contribution in [1.82, 2.24) is 0 Å². The van der Waals surface area contributed by atoms with Crippen molar-refractivity contribution in [1.29, 1.82) is 5.26 Å². The minimum atomic E-state index is 0.332. The molecule has 2 aromatic carbocycles. The van der Waals surface area contributed by atoms with Crippen LogP contribution in [0.4, 0.5) is 0 Å². The van der Waals surface area contributed by atoms with Crippen LogP contribution in [0.5, 0.6) is 5.75 Å². The van der Waals surface area contributed by atoms with E-state index in [1.165, 1.54) is 0 Å². The summed E-state index contributed by atoms with van der Waals surface area (Å²) in [6.45, 7) is 2.69. The fraction of sp³-hybridized carbons (Fsp3) is 0.167. The van der Waals surface area contributed by atoms with Crippen LogP contribution >= 0.6 is 0 Å². The molecule has 0 heterocycles. The van der Waals surface area contributed by atoms with Crippen molar-refractivity contribution in [2.75, 3.05) is 6.54 Å². The van der Waals surface area contributed by atoms with Gasteiger partial charge in [0.1, 0.15) is 12.4 Å². The van der Waals surface area contributed by atoms with Crippen LogP contribution in [0, 0.1) is 30.1 Å². The van der Waals surface area contributed by atoms with E-state index >= 15 is 0 Å². The Labute approximate surface area is 125 Å². The van der Waals surface area contributed by atoms with Crippen molar-refractivity contribution in [2.24, 2.45) is 5.73 Å². The molecule has 3 nitrogen and oxygen atoms in total. The van der Waals surface area contributed by atoms with Gasteiger partial charge in [-0.1, -0.05) is 36.1 Å². The molecule has 0 saturated carbocycles. The van der Waals surface area contributed by atoms with Crippen molar-refractivity contribution in [3.8, 4) is 23.7 Å². The van der Waals surface area contributed by atoms with Gasteiger partial charge in [0.25, 0.3) is 0 Å². The van der Waals surface area contributed by atoms with Crippen LogP contribution in [0.1, 0.15) is 22.3 Å². The molecule has 0 amide bonds. The summed E-state index contributed by atoms with van der Waals surface area (Å²) in [6, 6.07) is 15.3. The molecule has 0 aliphatic rings. The predicted molar refractivity (Wildman–Crippen MR) is 82.6 cm³/mol. The summed E-state index contributed by atoms with van der Waals surface area (Å²) in [6.07, 6.45) is 0. The number of nitriles is 1. The number of hydrogen-bond acceptors (Lipinski definition) is 3. The maximum absolute atomic E-state index is 8.94. The van der Waals surface area contributed by atoms with Gasteiger partial charge in [0.2, 0.25) is 0 Å². The Kier molecular flexibility index (Phi) is 4.99. The van der Waals surface area contributed by atoms with Gasteiger partial charge >= 0.3 is 0 Å². The van der Waals surface area contributed by atoms with Crippen molar-refractivity contribution in [2.45, 2.75) is 13.5 Å². The summed E-state index contributed by atoms with van der Waals surface area (Å²) in [7, 11) is 0. The Balaban J connectivity index is 2.19. The van der Waals surface area contributed by atoms with Crippen molar-refractivity contribution in [3.05, 3.63) is 64.7 Å². The number of benzene rings is 2. The SMILES string of the molecule is Cc1ccc(C#N)cc1OCc1ccccc1C#CCN. The first-order chi connectivity index (χ1) is 10.2. The minimum absolute atomic E-state index is 0.332. The van der Waals surface area contributed by atoms with Crippen LogP contribution in [0.25, 0.3) is 0 Å². The van der Waals surface area contributed by atoms with Crippen LogP contribution in [-0.2, 0) is 6.61 Å². The molecular formula is C18H16N2O. The molecule has 0 bridgehead atoms. The third-order valence-corrected chi connectivity index (χ3v) is 3.04. The second kappa shape index (κ2) is 7.14. The second-order valence-corrected chi connectivity index (χ2v) is 4.54. The average Bonchev–Trinajstić information content (AvgIpc) is 2.53. The van der Waals surface area contributed by atoms with E-state index in [0.717, 1.165) is 22.4 Å². The quantitative estimate of drug-likeness (QED) is 0.877. The highest BCUT2D eigenvalue weighted by molar-refractivity contribution is 5.43. The summed E-state index contributed by atoms with van der Waals surface area (Å²) in [5.41, 5.74) is 8.91. The smallest absolute Gasteiger partial charge is 0.124 e. The monoisotopic (exact) mass is 276 g/mol. The third kappa shape index (κ3) is 3.86. The molecule has 0 aliphatic carbocycles. The van der Waals surface area contributed by atoms with Crippen LogP contribution in [0.15, 0.2) is 42.5 Å². The molecule has 2 rings (SSSR count). The summed E-state index contributed by atoms with van der Waals surface area (Å²) in [5, 5.41) is 8.94. The number of aryl methyl sites for hydroxylation is 1. The van der Waals surface area contributed by atoms with Crippen LogP contribution in [-0.4, -0.2) is 6.54 Å². The Morgan fingerprint density at radius 1 is 1.19 bits per heavy atom. The third-order valence-electron chi connectivity index (χ3n) is 3.04. The molecule has 0 spiro atoms. The van der Waals surface area contributed by atoms with E-state index < -0.39 is 0 Å². The topological polar surface area (TPSA) is 59.0 Å². The lowest BCUT2D eigenvalue weighted by molar-refractivity contribution is 0.303. The highest BCUT2D eigenvalue weighted by Gasteiger charge is 2.04. The normalized spacial score (nSPS) is 9.38. The van der Waals surface area contributed by atoms with Crippen LogP contribution in [0.3, 0.4) is 0 Å². The lowest BCUT2D eigenvalue weighted by Crippen LogP contribution is -2.00. The molecule has 0 fully saturated rings. The van der Waals surface area contributed by atoms with Gasteiger partial charge in [-0.2, -0.15) is 5.26 Å². The van der Waals surface area contributed by atoms with E-state index in [1.54, 1.807) is 12.1 Å². The first-order valence-electron chi connectivity index (χ1n) is 6.65. The maximum atomic E-state index is 8.94. The average molecular weight is 276 g/mol. The predicted octanol–water partition coefficient (Wildman–Crippen LogP) is 2.76. The fourth-order valence-electron chi connectivity index (χ4n) is 1.90. The van der Waals surface area contributed by atoms with Gasteiger partial charge in [-0.15, -0.1) is 0 Å². The highest BCUT2D eigenvalue weighted by Crippen LogP contribution is 2.21. The fourth-order valence-corrected chi connectivity index (χ4v) is 1.90. The number of nitrogens with zero attached hydrogens (tertiary/aromatic N) is 1. The maximum Gasteiger partial charge on any atom is 0.124 e. The Hall–Kier alpha value is -2.75. The molecular weight excluding hydrogens is 260 g/mol. The highest BCUT2D eigenvalue weighted by atomic mass is 16.5. The van der Waals surface area contributed by atoms with Crippen molar-refractivity contribution < 1.29 is 4.74 Å². The van der Waals surface area contributed by atoms with E-state index in [1.807, 2.05) is 37.3 Å². The van der Waals surface area contributed by atoms with E-state index in [9.17, 15) is 0 Å². The summed E-state index contributed by atoms with van der Waals surface area (Å²) in [5.74, 6) is 6.61. The molecule has 0 atom stereocenters. The Morgan fingerprint density at radius 3 is 2.76 bits per heavy atom. The molecule has 2 N–H and O–H groups in total. The standard InChI is InChI=1S/C18H16N2O/c1-14-8-9-15(12-20)11-18(14)21-13-17-6-3-2-5-16(17)7-4-10-19/h2-3,5-6,8-9,11H,10,13,19H2,1H3. The molecule has 104 valence electrons. The summed E-state index contributed by atoms with van der Waals surface area (Å²) in [4.78, 5) is 0. The molecule has 0 saturated heterocycles. The van der Waals surface area contributed by atoms with Gasteiger partial charge in [-0.3, -0.25) is 0 Å². The summed E-state index contributed by atoms with van der Waals surface area (Å²) >= 11 is 0. The number of rotatable bonds is 3. The molecule has 21 heavy (non-hydrogen) atoms. The molecule has 0 aliphatic heterocycles. The van der Waals surface area contributed by atoms with Crippen LogP contribution < -0.4 is 10.5 Å². The molecule has 0 unspecified atom stereocenters. The Morgan fingerprint density at radius 2 is 2.00 bits per heavy atom. The van der Waals surface area contributed by atoms with Crippen molar-refractivity contribution in [3.63, 3.8) is 0 Å². The molecule has 3 heteroatoms. The van der Waals surface area contributed by atoms with Gasteiger partial charge in [0, 0.05) is 11.1 Å². The van der Waals surface area contributed by atoms with E-state index in [2.05, 4.69) is 17.9 Å². The largest absolute Gasteiger partial charge is 0.489 e. The zero-order chi connectivity index (χ0) is 15.1. The van der Waals surface area contributed by atoms with Crippen LogP contribution in [0.2, 0.25) is 0 Å². The summed E-state index contributed by atoms with van der Waals surface area (Å²) < 4.78 is 5.84. The number of nitrogens with two attached hydrogens (primary N) is 1. The minimum Gasteiger partial charge on any atom is -0.489 e. The van der Waals surface area contributed by atoms with Crippen molar-refractivity contribution >= 4 is 0 Å².